The molecular formula is C17H18O5. The molecule has 0 saturated carbocycles. The lowest BCUT2D eigenvalue weighted by Gasteiger charge is -2.07. The summed E-state index contributed by atoms with van der Waals surface area (Å²) in [6, 6.07) is 13.4. The van der Waals surface area contributed by atoms with Crippen LogP contribution in [0, 0.1) is 0 Å². The third-order valence-electron chi connectivity index (χ3n) is 3.09. The van der Waals surface area contributed by atoms with Crippen molar-refractivity contribution in [2.24, 2.45) is 0 Å². The second-order valence-electron chi connectivity index (χ2n) is 4.78. The molecule has 0 aromatic heterocycles. The third kappa shape index (κ3) is 5.36. The molecule has 0 aliphatic heterocycles. The number of aromatic hydroxyl groups is 2. The van der Waals surface area contributed by atoms with Crippen LogP contribution in [0.3, 0.4) is 0 Å². The Labute approximate surface area is 128 Å². The van der Waals surface area contributed by atoms with Crippen molar-refractivity contribution in [1.29, 1.82) is 0 Å². The lowest BCUT2D eigenvalue weighted by Crippen LogP contribution is -2.11. The Morgan fingerprint density at radius 2 is 1.09 bits per heavy atom. The van der Waals surface area contributed by atoms with E-state index in [-0.39, 0.29) is 24.7 Å². The molecule has 0 fully saturated rings. The van der Waals surface area contributed by atoms with Crippen molar-refractivity contribution < 1.29 is 24.5 Å². The van der Waals surface area contributed by atoms with E-state index in [2.05, 4.69) is 0 Å². The summed E-state index contributed by atoms with van der Waals surface area (Å²) >= 11 is 0. The third-order valence-corrected chi connectivity index (χ3v) is 3.09. The zero-order valence-electron chi connectivity index (χ0n) is 12.1. The minimum atomic E-state index is -0.697. The summed E-state index contributed by atoms with van der Waals surface area (Å²) in [6.45, 7) is 0.450. The smallest absolute Gasteiger partial charge is 0.508 e. The fraction of sp³-hybridized carbons (Fsp3) is 0.235. The summed E-state index contributed by atoms with van der Waals surface area (Å²) in [5, 5.41) is 18.3. The number of hydrogen-bond acceptors (Lipinski definition) is 5. The molecular weight excluding hydrogens is 284 g/mol. The van der Waals surface area contributed by atoms with E-state index in [1.165, 1.54) is 0 Å². The highest BCUT2D eigenvalue weighted by Crippen LogP contribution is 2.11. The summed E-state index contributed by atoms with van der Waals surface area (Å²) in [5.74, 6) is 0.414. The van der Waals surface area contributed by atoms with Crippen molar-refractivity contribution in [3.63, 3.8) is 0 Å². The summed E-state index contributed by atoms with van der Waals surface area (Å²) in [4.78, 5) is 11.4. The molecule has 0 unspecified atom stereocenters. The van der Waals surface area contributed by atoms with Gasteiger partial charge in [-0.05, 0) is 35.4 Å². The van der Waals surface area contributed by atoms with E-state index in [1.54, 1.807) is 48.5 Å². The van der Waals surface area contributed by atoms with Crippen LogP contribution in [0.25, 0.3) is 0 Å². The van der Waals surface area contributed by atoms with E-state index >= 15 is 0 Å². The Balaban J connectivity index is 1.61. The summed E-state index contributed by atoms with van der Waals surface area (Å²) in [5.41, 5.74) is 1.93. The van der Waals surface area contributed by atoms with Crippen LogP contribution < -0.4 is 0 Å². The van der Waals surface area contributed by atoms with Gasteiger partial charge in [0.05, 0.1) is 13.2 Å². The monoisotopic (exact) mass is 302 g/mol. The molecule has 2 rings (SSSR count). The number of rotatable bonds is 6. The molecule has 0 amide bonds. The molecule has 0 aliphatic carbocycles. The van der Waals surface area contributed by atoms with Crippen LogP contribution in [0.15, 0.2) is 48.5 Å². The highest BCUT2D eigenvalue weighted by Gasteiger charge is 2.04. The zero-order chi connectivity index (χ0) is 15.8. The molecule has 2 N–H and O–H groups in total. The van der Waals surface area contributed by atoms with Gasteiger partial charge < -0.3 is 19.7 Å². The molecule has 2 aromatic carbocycles. The first-order valence-corrected chi connectivity index (χ1v) is 6.99. The molecule has 0 atom stereocenters. The molecule has 0 spiro atoms. The molecule has 0 heterocycles. The lowest BCUT2D eigenvalue weighted by molar-refractivity contribution is 0.0569. The van der Waals surface area contributed by atoms with Gasteiger partial charge in [-0.1, -0.05) is 24.3 Å². The van der Waals surface area contributed by atoms with Crippen LogP contribution in [-0.4, -0.2) is 29.6 Å². The Morgan fingerprint density at radius 1 is 0.727 bits per heavy atom. The van der Waals surface area contributed by atoms with Gasteiger partial charge in [-0.15, -0.1) is 0 Å². The standard InChI is InChI=1S/C17H18O5/c18-15-5-1-13(2-6-15)9-11-21-17(20)22-12-10-14-3-7-16(19)8-4-14/h1-8,18-19H,9-12H2. The first kappa shape index (κ1) is 15.7. The van der Waals surface area contributed by atoms with Gasteiger partial charge in [-0.2, -0.15) is 0 Å². The van der Waals surface area contributed by atoms with Crippen molar-refractivity contribution in [3.8, 4) is 11.5 Å². The average molecular weight is 302 g/mol. The van der Waals surface area contributed by atoms with E-state index in [0.717, 1.165) is 11.1 Å². The summed E-state index contributed by atoms with van der Waals surface area (Å²) in [6.07, 6.45) is 0.429. The average Bonchev–Trinajstić information content (AvgIpc) is 2.51. The van der Waals surface area contributed by atoms with Crippen LogP contribution >= 0.6 is 0 Å². The number of phenols is 2. The highest BCUT2D eigenvalue weighted by atomic mass is 16.7. The summed E-state index contributed by atoms with van der Waals surface area (Å²) in [7, 11) is 0. The Bertz CT molecular complexity index is 536. The van der Waals surface area contributed by atoms with Crippen molar-refractivity contribution in [1.82, 2.24) is 0 Å². The Hall–Kier alpha value is -2.69. The van der Waals surface area contributed by atoms with Gasteiger partial charge in [-0.3, -0.25) is 0 Å². The number of hydrogen-bond donors (Lipinski definition) is 2. The van der Waals surface area contributed by atoms with Crippen LogP contribution in [-0.2, 0) is 22.3 Å². The van der Waals surface area contributed by atoms with Gasteiger partial charge in [0.2, 0.25) is 0 Å². The SMILES string of the molecule is O=C(OCCc1ccc(O)cc1)OCCc1ccc(O)cc1. The van der Waals surface area contributed by atoms with E-state index in [4.69, 9.17) is 19.7 Å². The van der Waals surface area contributed by atoms with Crippen molar-refractivity contribution in [3.05, 3.63) is 59.7 Å². The van der Waals surface area contributed by atoms with E-state index in [1.807, 2.05) is 0 Å². The zero-order valence-corrected chi connectivity index (χ0v) is 12.1. The lowest BCUT2D eigenvalue weighted by atomic mass is 10.1. The number of phenolic OH excluding ortho intramolecular Hbond substituents is 2. The van der Waals surface area contributed by atoms with Crippen LogP contribution in [0.4, 0.5) is 4.79 Å². The maximum Gasteiger partial charge on any atom is 0.508 e. The fourth-order valence-corrected chi connectivity index (χ4v) is 1.87. The van der Waals surface area contributed by atoms with Gasteiger partial charge in [0.15, 0.2) is 0 Å². The minimum Gasteiger partial charge on any atom is -0.508 e. The van der Waals surface area contributed by atoms with Crippen molar-refractivity contribution >= 4 is 6.16 Å². The van der Waals surface area contributed by atoms with Gasteiger partial charge in [0.25, 0.3) is 0 Å². The predicted molar refractivity (Wildman–Crippen MR) is 80.9 cm³/mol. The van der Waals surface area contributed by atoms with Gasteiger partial charge in [0.1, 0.15) is 11.5 Å². The number of carbonyl (C=O) groups is 1. The van der Waals surface area contributed by atoms with E-state index < -0.39 is 6.16 Å². The highest BCUT2D eigenvalue weighted by molar-refractivity contribution is 5.59. The first-order valence-electron chi connectivity index (χ1n) is 6.99. The molecule has 0 bridgehead atoms. The van der Waals surface area contributed by atoms with Crippen molar-refractivity contribution in [2.75, 3.05) is 13.2 Å². The first-order chi connectivity index (χ1) is 10.6. The molecule has 0 radical (unpaired) electrons. The minimum absolute atomic E-state index is 0.207. The second kappa shape index (κ2) is 7.93. The summed E-state index contributed by atoms with van der Waals surface area (Å²) < 4.78 is 9.94. The maximum atomic E-state index is 11.4. The second-order valence-corrected chi connectivity index (χ2v) is 4.78. The molecule has 0 saturated heterocycles. The largest absolute Gasteiger partial charge is 0.508 e. The van der Waals surface area contributed by atoms with E-state index in [0.29, 0.717) is 12.8 Å². The molecule has 5 nitrogen and oxygen atoms in total. The molecule has 116 valence electrons. The van der Waals surface area contributed by atoms with E-state index in [9.17, 15) is 4.79 Å². The number of benzene rings is 2. The van der Waals surface area contributed by atoms with Gasteiger partial charge >= 0.3 is 6.16 Å². The quantitative estimate of drug-likeness (QED) is 0.802. The number of carbonyl (C=O) groups excluding carboxylic acids is 1. The van der Waals surface area contributed by atoms with Crippen molar-refractivity contribution in [2.45, 2.75) is 12.8 Å². The van der Waals surface area contributed by atoms with Crippen LogP contribution in [0.5, 0.6) is 11.5 Å². The molecule has 22 heavy (non-hydrogen) atoms. The van der Waals surface area contributed by atoms with Crippen LogP contribution in [0.1, 0.15) is 11.1 Å². The van der Waals surface area contributed by atoms with Gasteiger partial charge in [0, 0.05) is 12.8 Å². The predicted octanol–water partition coefficient (Wildman–Crippen LogP) is 3.04. The Kier molecular flexibility index (Phi) is 5.65. The topological polar surface area (TPSA) is 76.0 Å². The Morgan fingerprint density at radius 3 is 1.45 bits per heavy atom. The molecule has 0 aliphatic rings. The maximum absolute atomic E-state index is 11.4. The number of ether oxygens (including phenoxy) is 2. The molecule has 2 aromatic rings. The normalized spacial score (nSPS) is 10.2. The fourth-order valence-electron chi connectivity index (χ4n) is 1.87. The van der Waals surface area contributed by atoms with Gasteiger partial charge in [-0.25, -0.2) is 4.79 Å². The molecule has 5 heteroatoms. The van der Waals surface area contributed by atoms with Crippen LogP contribution in [0.2, 0.25) is 0 Å².